The lowest BCUT2D eigenvalue weighted by Gasteiger charge is -2.03. The van der Waals surface area contributed by atoms with Gasteiger partial charge in [0.1, 0.15) is 0 Å². The summed E-state index contributed by atoms with van der Waals surface area (Å²) in [6.45, 7) is 0. The fraction of sp³-hybridized carbons (Fsp3) is 0.133. The van der Waals surface area contributed by atoms with Crippen LogP contribution in [-0.2, 0) is 7.05 Å². The van der Waals surface area contributed by atoms with Crippen molar-refractivity contribution in [3.63, 3.8) is 0 Å². The van der Waals surface area contributed by atoms with Gasteiger partial charge in [-0.05, 0) is 29.6 Å². The standard InChI is InChI=1S/C15H11F2N3OS2/c1-20-14(13-3-2-6-22-13)18-19-15(20)23-8-12(21)9-4-5-10(16)11(17)7-9/h2-7H,8H2,1H3. The van der Waals surface area contributed by atoms with E-state index in [0.717, 1.165) is 22.8 Å². The van der Waals surface area contributed by atoms with Crippen LogP contribution in [0, 0.1) is 11.6 Å². The Bertz CT molecular complexity index is 847. The largest absolute Gasteiger partial charge is 0.304 e. The highest BCUT2D eigenvalue weighted by atomic mass is 32.2. The summed E-state index contributed by atoms with van der Waals surface area (Å²) in [5.41, 5.74) is 0.136. The van der Waals surface area contributed by atoms with Crippen molar-refractivity contribution in [2.75, 3.05) is 5.75 Å². The Kier molecular flexibility index (Phi) is 4.53. The molecule has 2 aromatic heterocycles. The van der Waals surface area contributed by atoms with Crippen LogP contribution in [-0.4, -0.2) is 26.3 Å². The maximum absolute atomic E-state index is 13.2. The second-order valence-corrected chi connectivity index (χ2v) is 6.57. The minimum atomic E-state index is -1.03. The Hall–Kier alpha value is -2.06. The van der Waals surface area contributed by atoms with E-state index >= 15 is 0 Å². The normalized spacial score (nSPS) is 10.9. The van der Waals surface area contributed by atoms with E-state index in [0.29, 0.717) is 5.16 Å². The van der Waals surface area contributed by atoms with E-state index in [-0.39, 0.29) is 17.1 Å². The summed E-state index contributed by atoms with van der Waals surface area (Å²) in [7, 11) is 1.82. The molecule has 2 heterocycles. The third-order valence-electron chi connectivity index (χ3n) is 3.15. The second-order valence-electron chi connectivity index (χ2n) is 4.68. The molecule has 0 aliphatic heterocycles. The van der Waals surface area contributed by atoms with Crippen molar-refractivity contribution < 1.29 is 13.6 Å². The fourth-order valence-corrected chi connectivity index (χ4v) is 3.49. The number of nitrogens with zero attached hydrogens (tertiary/aromatic N) is 3. The Labute approximate surface area is 139 Å². The van der Waals surface area contributed by atoms with Gasteiger partial charge < -0.3 is 4.57 Å². The molecule has 4 nitrogen and oxygen atoms in total. The maximum atomic E-state index is 13.2. The molecule has 23 heavy (non-hydrogen) atoms. The molecule has 3 aromatic rings. The zero-order valence-corrected chi connectivity index (χ0v) is 13.6. The van der Waals surface area contributed by atoms with Gasteiger partial charge in [0.15, 0.2) is 28.4 Å². The van der Waals surface area contributed by atoms with Crippen LogP contribution in [0.2, 0.25) is 0 Å². The number of halogens is 2. The predicted octanol–water partition coefficient (Wildman–Crippen LogP) is 3.80. The number of carbonyl (C=O) groups is 1. The summed E-state index contributed by atoms with van der Waals surface area (Å²) < 4.78 is 27.9. The van der Waals surface area contributed by atoms with Crippen molar-refractivity contribution in [2.24, 2.45) is 7.05 Å². The van der Waals surface area contributed by atoms with Crippen molar-refractivity contribution >= 4 is 28.9 Å². The van der Waals surface area contributed by atoms with Gasteiger partial charge >= 0.3 is 0 Å². The molecule has 0 bridgehead atoms. The molecule has 1 aromatic carbocycles. The van der Waals surface area contributed by atoms with Gasteiger partial charge in [0.25, 0.3) is 0 Å². The van der Waals surface area contributed by atoms with Gasteiger partial charge in [0.2, 0.25) is 0 Å². The number of thiophene rings is 1. The predicted molar refractivity (Wildman–Crippen MR) is 85.7 cm³/mol. The first-order valence-electron chi connectivity index (χ1n) is 6.60. The molecule has 8 heteroatoms. The number of thioether (sulfide) groups is 1. The van der Waals surface area contributed by atoms with Gasteiger partial charge in [-0.15, -0.1) is 21.5 Å². The molecule has 118 valence electrons. The molecule has 0 N–H and O–H groups in total. The molecule has 3 rings (SSSR count). The monoisotopic (exact) mass is 351 g/mol. The topological polar surface area (TPSA) is 47.8 Å². The van der Waals surface area contributed by atoms with E-state index in [1.807, 2.05) is 24.6 Å². The van der Waals surface area contributed by atoms with Crippen molar-refractivity contribution in [3.05, 3.63) is 52.9 Å². The molecular formula is C15H11F2N3OS2. The van der Waals surface area contributed by atoms with E-state index in [9.17, 15) is 13.6 Å². The van der Waals surface area contributed by atoms with Crippen LogP contribution in [0.25, 0.3) is 10.7 Å². The number of hydrogen-bond acceptors (Lipinski definition) is 5. The molecule has 0 aliphatic carbocycles. The first-order chi connectivity index (χ1) is 11.1. The van der Waals surface area contributed by atoms with Crippen molar-refractivity contribution in [3.8, 4) is 10.7 Å². The van der Waals surface area contributed by atoms with Crippen LogP contribution in [0.3, 0.4) is 0 Å². The molecule has 0 saturated carbocycles. The van der Waals surface area contributed by atoms with E-state index in [1.165, 1.54) is 17.8 Å². The SMILES string of the molecule is Cn1c(SCC(=O)c2ccc(F)c(F)c2)nnc1-c1cccs1. The molecule has 0 atom stereocenters. The Morgan fingerprint density at radius 1 is 1.26 bits per heavy atom. The first kappa shape index (κ1) is 15.8. The highest BCUT2D eigenvalue weighted by Gasteiger charge is 2.15. The van der Waals surface area contributed by atoms with Gasteiger partial charge in [0, 0.05) is 12.6 Å². The Balaban J connectivity index is 1.71. The summed E-state index contributed by atoms with van der Waals surface area (Å²) in [5, 5.41) is 10.7. The van der Waals surface area contributed by atoms with Gasteiger partial charge in [-0.1, -0.05) is 17.8 Å². The molecule has 0 spiro atoms. The number of ketones is 1. The van der Waals surface area contributed by atoms with Gasteiger partial charge in [-0.25, -0.2) is 8.78 Å². The Morgan fingerprint density at radius 2 is 2.09 bits per heavy atom. The van der Waals surface area contributed by atoms with Crippen LogP contribution >= 0.6 is 23.1 Å². The molecule has 0 fully saturated rings. The number of carbonyl (C=O) groups excluding carboxylic acids is 1. The number of Topliss-reactive ketones (excluding diaryl/α,β-unsaturated/α-hetero) is 1. The molecule has 0 aliphatic rings. The maximum Gasteiger partial charge on any atom is 0.191 e. The van der Waals surface area contributed by atoms with E-state index in [1.54, 1.807) is 15.9 Å². The van der Waals surface area contributed by atoms with E-state index in [2.05, 4.69) is 10.2 Å². The lowest BCUT2D eigenvalue weighted by molar-refractivity contribution is 0.102. The van der Waals surface area contributed by atoms with Crippen molar-refractivity contribution in [1.29, 1.82) is 0 Å². The highest BCUT2D eigenvalue weighted by molar-refractivity contribution is 7.99. The lowest BCUT2D eigenvalue weighted by atomic mass is 10.1. The first-order valence-corrected chi connectivity index (χ1v) is 8.47. The van der Waals surface area contributed by atoms with Gasteiger partial charge in [-0.3, -0.25) is 4.79 Å². The van der Waals surface area contributed by atoms with E-state index in [4.69, 9.17) is 0 Å². The second kappa shape index (κ2) is 6.59. The molecule has 0 unspecified atom stereocenters. The van der Waals surface area contributed by atoms with Crippen molar-refractivity contribution in [2.45, 2.75) is 5.16 Å². The lowest BCUT2D eigenvalue weighted by Crippen LogP contribution is -2.05. The summed E-state index contributed by atoms with van der Waals surface area (Å²) in [6.07, 6.45) is 0. The third kappa shape index (κ3) is 3.32. The van der Waals surface area contributed by atoms with Crippen LogP contribution in [0.4, 0.5) is 8.78 Å². The van der Waals surface area contributed by atoms with Gasteiger partial charge in [-0.2, -0.15) is 0 Å². The minimum Gasteiger partial charge on any atom is -0.304 e. The minimum absolute atomic E-state index is 0.0709. The van der Waals surface area contributed by atoms with Crippen LogP contribution in [0.1, 0.15) is 10.4 Å². The zero-order valence-electron chi connectivity index (χ0n) is 12.0. The molecule has 0 radical (unpaired) electrons. The fourth-order valence-electron chi connectivity index (χ4n) is 1.94. The molecule has 0 amide bonds. The Morgan fingerprint density at radius 3 is 2.78 bits per heavy atom. The van der Waals surface area contributed by atoms with Crippen LogP contribution in [0.15, 0.2) is 40.9 Å². The van der Waals surface area contributed by atoms with Crippen LogP contribution in [0.5, 0.6) is 0 Å². The number of benzene rings is 1. The van der Waals surface area contributed by atoms with E-state index < -0.39 is 11.6 Å². The third-order valence-corrected chi connectivity index (χ3v) is 5.04. The van der Waals surface area contributed by atoms with Gasteiger partial charge in [0.05, 0.1) is 10.6 Å². The highest BCUT2D eigenvalue weighted by Crippen LogP contribution is 2.26. The summed E-state index contributed by atoms with van der Waals surface area (Å²) in [4.78, 5) is 13.0. The number of hydrogen-bond donors (Lipinski definition) is 0. The summed E-state index contributed by atoms with van der Waals surface area (Å²) in [6, 6.07) is 7.00. The smallest absolute Gasteiger partial charge is 0.191 e. The molecular weight excluding hydrogens is 340 g/mol. The zero-order chi connectivity index (χ0) is 16.4. The number of aromatic nitrogens is 3. The summed E-state index contributed by atoms with van der Waals surface area (Å²) in [5.74, 6) is -1.50. The molecule has 0 saturated heterocycles. The van der Waals surface area contributed by atoms with Crippen molar-refractivity contribution in [1.82, 2.24) is 14.8 Å². The average Bonchev–Trinajstić information content (AvgIpc) is 3.17. The quantitative estimate of drug-likeness (QED) is 0.518. The van der Waals surface area contributed by atoms with Crippen LogP contribution < -0.4 is 0 Å². The average molecular weight is 351 g/mol. The number of rotatable bonds is 5. The summed E-state index contributed by atoms with van der Waals surface area (Å²) >= 11 is 2.76.